The SMILES string of the molecule is CCCCC(C(=O)OOC(=O)C(C)O)C(O)C(O)CO. The van der Waals surface area contributed by atoms with Crippen LogP contribution in [0.15, 0.2) is 0 Å². The molecule has 0 spiro atoms. The molecule has 0 aliphatic heterocycles. The highest BCUT2D eigenvalue weighted by molar-refractivity contribution is 5.76. The van der Waals surface area contributed by atoms with E-state index < -0.39 is 42.8 Å². The first-order chi connectivity index (χ1) is 9.34. The van der Waals surface area contributed by atoms with Gasteiger partial charge in [-0.3, -0.25) is 0 Å². The third kappa shape index (κ3) is 6.29. The van der Waals surface area contributed by atoms with Gasteiger partial charge in [-0.25, -0.2) is 19.4 Å². The minimum absolute atomic E-state index is 0.194. The van der Waals surface area contributed by atoms with E-state index in [0.29, 0.717) is 6.42 Å². The second kappa shape index (κ2) is 9.65. The minimum atomic E-state index is -1.54. The second-order valence-electron chi connectivity index (χ2n) is 4.47. The summed E-state index contributed by atoms with van der Waals surface area (Å²) in [5.74, 6) is -3.34. The fourth-order valence-corrected chi connectivity index (χ4v) is 1.44. The van der Waals surface area contributed by atoms with Gasteiger partial charge in [0.25, 0.3) is 0 Å². The van der Waals surface area contributed by atoms with Crippen molar-refractivity contribution in [2.24, 2.45) is 5.92 Å². The predicted octanol–water partition coefficient (Wildman–Crippen LogP) is -1.11. The topological polar surface area (TPSA) is 134 Å². The van der Waals surface area contributed by atoms with Crippen molar-refractivity contribution in [3.05, 3.63) is 0 Å². The van der Waals surface area contributed by atoms with E-state index in [0.717, 1.165) is 13.3 Å². The Balaban J connectivity index is 4.59. The average molecular weight is 294 g/mol. The molecule has 0 bridgehead atoms. The van der Waals surface area contributed by atoms with Gasteiger partial charge in [0, 0.05) is 0 Å². The number of hydrogen-bond acceptors (Lipinski definition) is 8. The smallest absolute Gasteiger partial charge is 0.383 e. The van der Waals surface area contributed by atoms with Gasteiger partial charge in [0.1, 0.15) is 6.10 Å². The molecule has 0 rings (SSSR count). The van der Waals surface area contributed by atoms with Crippen molar-refractivity contribution in [2.75, 3.05) is 6.61 Å². The summed E-state index contributed by atoms with van der Waals surface area (Å²) in [6, 6.07) is 0. The van der Waals surface area contributed by atoms with Gasteiger partial charge in [0.05, 0.1) is 18.6 Å². The molecule has 0 aromatic heterocycles. The van der Waals surface area contributed by atoms with Crippen molar-refractivity contribution in [3.63, 3.8) is 0 Å². The minimum Gasteiger partial charge on any atom is -0.394 e. The number of aliphatic hydroxyl groups is 4. The standard InChI is InChI=1S/C12H22O8/c1-3-4-5-8(10(16)9(15)6-13)12(18)20-19-11(17)7(2)14/h7-10,13-16H,3-6H2,1-2H3. The average Bonchev–Trinajstić information content (AvgIpc) is 2.43. The van der Waals surface area contributed by atoms with Crippen LogP contribution in [-0.2, 0) is 19.4 Å². The molecule has 0 aromatic rings. The molecule has 0 aliphatic carbocycles. The zero-order valence-electron chi connectivity index (χ0n) is 11.6. The molecule has 0 saturated heterocycles. The van der Waals surface area contributed by atoms with Crippen LogP contribution in [0.4, 0.5) is 0 Å². The fourth-order valence-electron chi connectivity index (χ4n) is 1.44. The van der Waals surface area contributed by atoms with E-state index in [2.05, 4.69) is 9.78 Å². The number of aliphatic hydroxyl groups excluding tert-OH is 4. The molecule has 8 nitrogen and oxygen atoms in total. The zero-order valence-corrected chi connectivity index (χ0v) is 11.6. The van der Waals surface area contributed by atoms with Crippen LogP contribution >= 0.6 is 0 Å². The largest absolute Gasteiger partial charge is 0.394 e. The van der Waals surface area contributed by atoms with E-state index in [1.807, 2.05) is 6.92 Å². The molecule has 4 unspecified atom stereocenters. The van der Waals surface area contributed by atoms with Gasteiger partial charge in [0.15, 0.2) is 6.10 Å². The monoisotopic (exact) mass is 294 g/mol. The first kappa shape index (κ1) is 18.8. The number of unbranched alkanes of at least 4 members (excludes halogenated alkanes) is 1. The van der Waals surface area contributed by atoms with Crippen molar-refractivity contribution >= 4 is 11.9 Å². The Morgan fingerprint density at radius 3 is 2.10 bits per heavy atom. The van der Waals surface area contributed by atoms with Gasteiger partial charge < -0.3 is 20.4 Å². The maximum atomic E-state index is 11.7. The predicted molar refractivity (Wildman–Crippen MR) is 66.0 cm³/mol. The lowest BCUT2D eigenvalue weighted by Gasteiger charge is -2.23. The number of carbonyl (C=O) groups excluding carboxylic acids is 2. The number of carbonyl (C=O) groups is 2. The molecule has 20 heavy (non-hydrogen) atoms. The van der Waals surface area contributed by atoms with Gasteiger partial charge in [-0.1, -0.05) is 19.8 Å². The highest BCUT2D eigenvalue weighted by Crippen LogP contribution is 2.18. The van der Waals surface area contributed by atoms with Crippen LogP contribution in [0.5, 0.6) is 0 Å². The van der Waals surface area contributed by atoms with Crippen LogP contribution in [-0.4, -0.2) is 57.3 Å². The maximum Gasteiger partial charge on any atom is 0.383 e. The van der Waals surface area contributed by atoms with Crippen molar-refractivity contribution in [1.82, 2.24) is 0 Å². The van der Waals surface area contributed by atoms with Crippen LogP contribution in [0, 0.1) is 5.92 Å². The van der Waals surface area contributed by atoms with E-state index in [9.17, 15) is 19.8 Å². The van der Waals surface area contributed by atoms with Crippen LogP contribution in [0.25, 0.3) is 0 Å². The molecule has 118 valence electrons. The van der Waals surface area contributed by atoms with Crippen LogP contribution in [0.2, 0.25) is 0 Å². The molecule has 4 N–H and O–H groups in total. The van der Waals surface area contributed by atoms with E-state index >= 15 is 0 Å². The Kier molecular flexibility index (Phi) is 9.06. The van der Waals surface area contributed by atoms with E-state index in [1.165, 1.54) is 0 Å². The lowest BCUT2D eigenvalue weighted by molar-refractivity contribution is -0.269. The molecule has 0 saturated carbocycles. The summed E-state index contributed by atoms with van der Waals surface area (Å²) in [5, 5.41) is 36.7. The molecule has 0 amide bonds. The summed E-state index contributed by atoms with van der Waals surface area (Å²) in [5.41, 5.74) is 0. The van der Waals surface area contributed by atoms with Crippen LogP contribution in [0.3, 0.4) is 0 Å². The molecular formula is C12H22O8. The van der Waals surface area contributed by atoms with Gasteiger partial charge in [-0.2, -0.15) is 0 Å². The normalized spacial score (nSPS) is 16.9. The van der Waals surface area contributed by atoms with Gasteiger partial charge >= 0.3 is 11.9 Å². The van der Waals surface area contributed by atoms with Gasteiger partial charge in [0.2, 0.25) is 0 Å². The van der Waals surface area contributed by atoms with Crippen molar-refractivity contribution in [3.8, 4) is 0 Å². The van der Waals surface area contributed by atoms with E-state index in [-0.39, 0.29) is 6.42 Å². The third-order valence-electron chi connectivity index (χ3n) is 2.71. The van der Waals surface area contributed by atoms with E-state index in [1.54, 1.807) is 0 Å². The van der Waals surface area contributed by atoms with Crippen LogP contribution < -0.4 is 0 Å². The highest BCUT2D eigenvalue weighted by Gasteiger charge is 2.34. The lowest BCUT2D eigenvalue weighted by Crippen LogP contribution is -2.41. The number of rotatable bonds is 8. The molecule has 8 heteroatoms. The first-order valence-corrected chi connectivity index (χ1v) is 6.42. The molecule has 0 radical (unpaired) electrons. The van der Waals surface area contributed by atoms with Gasteiger partial charge in [-0.15, -0.1) is 0 Å². The molecule has 0 aromatic carbocycles. The van der Waals surface area contributed by atoms with Crippen molar-refractivity contribution < 1.29 is 39.8 Å². The molecular weight excluding hydrogens is 272 g/mol. The molecule has 4 atom stereocenters. The summed E-state index contributed by atoms with van der Waals surface area (Å²) >= 11 is 0. The van der Waals surface area contributed by atoms with Gasteiger partial charge in [-0.05, 0) is 13.3 Å². The molecule has 0 heterocycles. The van der Waals surface area contributed by atoms with E-state index in [4.69, 9.17) is 10.2 Å². The summed E-state index contributed by atoms with van der Waals surface area (Å²) < 4.78 is 0. The second-order valence-corrected chi connectivity index (χ2v) is 4.47. The summed E-state index contributed by atoms with van der Waals surface area (Å²) in [6.07, 6.45) is -3.00. The Morgan fingerprint density at radius 1 is 1.10 bits per heavy atom. The summed E-state index contributed by atoms with van der Waals surface area (Å²) in [6.45, 7) is 2.28. The Hall–Kier alpha value is -1.22. The third-order valence-corrected chi connectivity index (χ3v) is 2.71. The quantitative estimate of drug-likeness (QED) is 0.327. The summed E-state index contributed by atoms with van der Waals surface area (Å²) in [4.78, 5) is 31.0. The lowest BCUT2D eigenvalue weighted by atomic mass is 9.93. The Morgan fingerprint density at radius 2 is 1.65 bits per heavy atom. The maximum absolute atomic E-state index is 11.7. The number of hydrogen-bond donors (Lipinski definition) is 4. The first-order valence-electron chi connectivity index (χ1n) is 6.42. The highest BCUT2D eigenvalue weighted by atomic mass is 17.2. The molecule has 0 aliphatic rings. The van der Waals surface area contributed by atoms with Crippen molar-refractivity contribution in [2.45, 2.75) is 51.4 Å². The van der Waals surface area contributed by atoms with Crippen molar-refractivity contribution in [1.29, 1.82) is 0 Å². The summed E-state index contributed by atoms with van der Waals surface area (Å²) in [7, 11) is 0. The zero-order chi connectivity index (χ0) is 15.7. The Labute approximate surface area is 116 Å². The molecule has 0 fully saturated rings. The fraction of sp³-hybridized carbons (Fsp3) is 0.833. The Bertz CT molecular complexity index is 304. The van der Waals surface area contributed by atoms with Crippen LogP contribution in [0.1, 0.15) is 33.1 Å².